The van der Waals surface area contributed by atoms with Crippen molar-refractivity contribution in [2.75, 3.05) is 38.8 Å². The zero-order chi connectivity index (χ0) is 13.0. The van der Waals surface area contributed by atoms with Gasteiger partial charge < -0.3 is 14.9 Å². The Morgan fingerprint density at radius 3 is 2.78 bits per heavy atom. The van der Waals surface area contributed by atoms with Crippen LogP contribution in [0.4, 0.5) is 11.4 Å². The summed E-state index contributed by atoms with van der Waals surface area (Å²) in [5, 5.41) is 12.8. The van der Waals surface area contributed by atoms with Gasteiger partial charge in [-0.3, -0.25) is 10.1 Å². The molecule has 0 amide bonds. The average Bonchev–Trinajstić information content (AvgIpc) is 2.39. The van der Waals surface area contributed by atoms with E-state index in [9.17, 15) is 10.1 Å². The Balaban J connectivity index is 2.11. The Bertz CT molecular complexity index is 432. The topological polar surface area (TPSA) is 76.9 Å². The van der Waals surface area contributed by atoms with Crippen molar-refractivity contribution in [3.8, 4) is 5.75 Å². The van der Waals surface area contributed by atoms with Crippen LogP contribution < -0.4 is 10.2 Å². The van der Waals surface area contributed by atoms with Crippen molar-refractivity contribution in [1.29, 1.82) is 0 Å². The molecule has 1 aliphatic heterocycles. The van der Waals surface area contributed by atoms with Crippen molar-refractivity contribution in [1.82, 2.24) is 5.01 Å². The maximum Gasteiger partial charge on any atom is 0.311 e. The summed E-state index contributed by atoms with van der Waals surface area (Å²) in [5.74, 6) is 0.248. The van der Waals surface area contributed by atoms with Crippen molar-refractivity contribution in [2.24, 2.45) is 0 Å². The minimum atomic E-state index is -0.461. The molecule has 98 valence electrons. The van der Waals surface area contributed by atoms with Crippen LogP contribution in [0, 0.1) is 10.1 Å². The van der Waals surface area contributed by atoms with Crippen LogP contribution in [0.1, 0.15) is 0 Å². The Morgan fingerprint density at radius 2 is 2.17 bits per heavy atom. The summed E-state index contributed by atoms with van der Waals surface area (Å²) in [6, 6.07) is 4.71. The number of nitrogens with zero attached hydrogens (tertiary/aromatic N) is 2. The van der Waals surface area contributed by atoms with E-state index in [1.807, 2.05) is 5.01 Å². The summed E-state index contributed by atoms with van der Waals surface area (Å²) in [7, 11) is 1.42. The van der Waals surface area contributed by atoms with Gasteiger partial charge in [-0.1, -0.05) is 0 Å². The van der Waals surface area contributed by atoms with Crippen LogP contribution in [0.15, 0.2) is 18.2 Å². The molecule has 0 unspecified atom stereocenters. The van der Waals surface area contributed by atoms with E-state index in [4.69, 9.17) is 9.47 Å². The summed E-state index contributed by atoms with van der Waals surface area (Å²) in [6.45, 7) is 2.91. The van der Waals surface area contributed by atoms with Gasteiger partial charge in [0.25, 0.3) is 0 Å². The number of methoxy groups -OCH3 is 1. The van der Waals surface area contributed by atoms with Crippen LogP contribution in [0.5, 0.6) is 5.75 Å². The molecule has 0 aromatic heterocycles. The molecule has 0 atom stereocenters. The number of hydrazine groups is 1. The number of morpholine rings is 1. The fourth-order valence-corrected chi connectivity index (χ4v) is 1.76. The number of anilines is 1. The zero-order valence-corrected chi connectivity index (χ0v) is 10.1. The van der Waals surface area contributed by atoms with Gasteiger partial charge in [-0.05, 0) is 6.07 Å². The van der Waals surface area contributed by atoms with Crippen molar-refractivity contribution in [2.45, 2.75) is 0 Å². The first-order valence-corrected chi connectivity index (χ1v) is 5.62. The molecule has 1 aromatic carbocycles. The van der Waals surface area contributed by atoms with Gasteiger partial charge in [0.15, 0.2) is 5.75 Å². The van der Waals surface area contributed by atoms with Crippen LogP contribution in [0.2, 0.25) is 0 Å². The lowest BCUT2D eigenvalue weighted by molar-refractivity contribution is -0.385. The SMILES string of the molecule is COc1cc(NN2CCOCC2)ccc1[N+](=O)[O-]. The molecule has 1 N–H and O–H groups in total. The fraction of sp³-hybridized carbons (Fsp3) is 0.455. The van der Waals surface area contributed by atoms with Gasteiger partial charge in [-0.25, -0.2) is 5.01 Å². The standard InChI is InChI=1S/C11H15N3O4/c1-17-11-8-9(2-3-10(11)14(15)16)12-13-4-6-18-7-5-13/h2-3,8,12H,4-7H2,1H3. The van der Waals surface area contributed by atoms with E-state index < -0.39 is 4.92 Å². The predicted molar refractivity (Wildman–Crippen MR) is 65.7 cm³/mol. The third-order valence-electron chi connectivity index (χ3n) is 2.67. The average molecular weight is 253 g/mol. The first kappa shape index (κ1) is 12.6. The third-order valence-corrected chi connectivity index (χ3v) is 2.67. The number of hydrogen-bond donors (Lipinski definition) is 1. The van der Waals surface area contributed by atoms with E-state index in [0.29, 0.717) is 13.2 Å². The van der Waals surface area contributed by atoms with E-state index in [1.54, 1.807) is 12.1 Å². The van der Waals surface area contributed by atoms with Gasteiger partial charge in [0.2, 0.25) is 0 Å². The maximum absolute atomic E-state index is 10.8. The van der Waals surface area contributed by atoms with Crippen LogP contribution in [-0.4, -0.2) is 43.3 Å². The van der Waals surface area contributed by atoms with E-state index >= 15 is 0 Å². The fourth-order valence-electron chi connectivity index (χ4n) is 1.76. The molecule has 0 aliphatic carbocycles. The number of benzene rings is 1. The second-order valence-electron chi connectivity index (χ2n) is 3.85. The van der Waals surface area contributed by atoms with E-state index in [0.717, 1.165) is 18.8 Å². The summed E-state index contributed by atoms with van der Waals surface area (Å²) < 4.78 is 10.2. The number of nitro benzene ring substituents is 1. The largest absolute Gasteiger partial charge is 0.490 e. The lowest BCUT2D eigenvalue weighted by Gasteiger charge is -2.28. The highest BCUT2D eigenvalue weighted by molar-refractivity contribution is 5.57. The lowest BCUT2D eigenvalue weighted by Crippen LogP contribution is -2.40. The van der Waals surface area contributed by atoms with Crippen molar-refractivity contribution < 1.29 is 14.4 Å². The van der Waals surface area contributed by atoms with E-state index in [-0.39, 0.29) is 11.4 Å². The molecule has 1 saturated heterocycles. The monoisotopic (exact) mass is 253 g/mol. The predicted octanol–water partition coefficient (Wildman–Crippen LogP) is 1.26. The lowest BCUT2D eigenvalue weighted by atomic mass is 10.2. The Kier molecular flexibility index (Phi) is 3.96. The first-order chi connectivity index (χ1) is 8.70. The van der Waals surface area contributed by atoms with Crippen molar-refractivity contribution in [3.05, 3.63) is 28.3 Å². The number of nitro groups is 1. The van der Waals surface area contributed by atoms with Crippen LogP contribution >= 0.6 is 0 Å². The Morgan fingerprint density at radius 1 is 1.44 bits per heavy atom. The summed E-state index contributed by atoms with van der Waals surface area (Å²) >= 11 is 0. The molecule has 0 spiro atoms. The number of hydrogen-bond acceptors (Lipinski definition) is 6. The third kappa shape index (κ3) is 2.88. The van der Waals surface area contributed by atoms with Crippen molar-refractivity contribution >= 4 is 11.4 Å². The molecule has 2 rings (SSSR count). The molecule has 1 heterocycles. The number of rotatable bonds is 4. The summed E-state index contributed by atoms with van der Waals surface area (Å²) in [6.07, 6.45) is 0. The molecule has 1 aliphatic rings. The van der Waals surface area contributed by atoms with Gasteiger partial charge in [0.1, 0.15) is 0 Å². The molecule has 0 bridgehead atoms. The first-order valence-electron chi connectivity index (χ1n) is 5.62. The molecule has 18 heavy (non-hydrogen) atoms. The van der Waals surface area contributed by atoms with Crippen LogP contribution in [-0.2, 0) is 4.74 Å². The van der Waals surface area contributed by atoms with E-state index in [1.165, 1.54) is 13.2 Å². The van der Waals surface area contributed by atoms with E-state index in [2.05, 4.69) is 5.43 Å². The van der Waals surface area contributed by atoms with Gasteiger partial charge in [-0.2, -0.15) is 0 Å². The maximum atomic E-state index is 10.8. The van der Waals surface area contributed by atoms with Crippen molar-refractivity contribution in [3.63, 3.8) is 0 Å². The molecule has 1 fully saturated rings. The zero-order valence-electron chi connectivity index (χ0n) is 10.1. The number of ether oxygens (including phenoxy) is 2. The highest BCUT2D eigenvalue weighted by Gasteiger charge is 2.16. The quantitative estimate of drug-likeness (QED) is 0.643. The smallest absolute Gasteiger partial charge is 0.311 e. The Labute approximate surface area is 104 Å². The molecular weight excluding hydrogens is 238 g/mol. The molecular formula is C11H15N3O4. The second-order valence-corrected chi connectivity index (χ2v) is 3.85. The molecule has 0 saturated carbocycles. The molecule has 1 aromatic rings. The highest BCUT2D eigenvalue weighted by atomic mass is 16.6. The van der Waals surface area contributed by atoms with Gasteiger partial charge in [0.05, 0.1) is 30.9 Å². The highest BCUT2D eigenvalue weighted by Crippen LogP contribution is 2.29. The normalized spacial score (nSPS) is 16.3. The van der Waals surface area contributed by atoms with Gasteiger partial charge >= 0.3 is 5.69 Å². The summed E-state index contributed by atoms with van der Waals surface area (Å²) in [5.41, 5.74) is 3.90. The van der Waals surface area contributed by atoms with Gasteiger partial charge in [-0.15, -0.1) is 0 Å². The number of nitrogens with one attached hydrogen (secondary N) is 1. The molecule has 7 heteroatoms. The molecule has 0 radical (unpaired) electrons. The van der Waals surface area contributed by atoms with Crippen LogP contribution in [0.25, 0.3) is 0 Å². The van der Waals surface area contributed by atoms with Gasteiger partial charge in [0, 0.05) is 25.2 Å². The molecule has 7 nitrogen and oxygen atoms in total. The second kappa shape index (κ2) is 5.65. The summed E-state index contributed by atoms with van der Waals surface area (Å²) in [4.78, 5) is 10.3. The minimum absolute atomic E-state index is 0.0370. The Hall–Kier alpha value is -1.86. The van der Waals surface area contributed by atoms with Crippen LogP contribution in [0.3, 0.4) is 0 Å². The minimum Gasteiger partial charge on any atom is -0.490 e.